The number of aliphatic hydroxyl groups is 1. The number of rotatable bonds is 4. The number of hydrogen-bond acceptors (Lipinski definition) is 5. The fraction of sp³-hybridized carbons (Fsp3) is 0.529. The highest BCUT2D eigenvalue weighted by molar-refractivity contribution is 5.99. The molecule has 0 aromatic heterocycles. The van der Waals surface area contributed by atoms with Crippen LogP contribution in [0.5, 0.6) is 5.75 Å². The van der Waals surface area contributed by atoms with Crippen LogP contribution < -0.4 is 10.1 Å². The molecule has 1 fully saturated rings. The molecule has 24 heavy (non-hydrogen) atoms. The Morgan fingerprint density at radius 3 is 2.83 bits per heavy atom. The largest absolute Gasteiger partial charge is 0.482 e. The van der Waals surface area contributed by atoms with E-state index in [1.165, 1.54) is 0 Å². The van der Waals surface area contributed by atoms with E-state index in [0.29, 0.717) is 30.1 Å². The van der Waals surface area contributed by atoms with Gasteiger partial charge in [-0.05, 0) is 38.2 Å². The second-order valence-corrected chi connectivity index (χ2v) is 6.72. The minimum absolute atomic E-state index is 0.0359. The van der Waals surface area contributed by atoms with E-state index in [4.69, 9.17) is 4.74 Å². The quantitative estimate of drug-likeness (QED) is 0.826. The zero-order valence-corrected chi connectivity index (χ0v) is 14.0. The number of carbonyl (C=O) groups excluding carboxylic acids is 2. The van der Waals surface area contributed by atoms with Crippen molar-refractivity contribution in [2.75, 3.05) is 52.3 Å². The molecule has 1 aromatic rings. The average molecular weight is 333 g/mol. The Kier molecular flexibility index (Phi) is 4.73. The van der Waals surface area contributed by atoms with E-state index in [9.17, 15) is 14.7 Å². The molecular weight excluding hydrogens is 310 g/mol. The molecule has 2 amide bonds. The van der Waals surface area contributed by atoms with Crippen LogP contribution in [-0.2, 0) is 4.79 Å². The smallest absolute Gasteiger partial charge is 0.262 e. The summed E-state index contributed by atoms with van der Waals surface area (Å²) < 4.78 is 5.38. The van der Waals surface area contributed by atoms with Crippen molar-refractivity contribution in [3.8, 4) is 5.75 Å². The van der Waals surface area contributed by atoms with Crippen molar-refractivity contribution in [1.29, 1.82) is 0 Å². The summed E-state index contributed by atoms with van der Waals surface area (Å²) in [4.78, 5) is 28.0. The maximum absolute atomic E-state index is 12.8. The summed E-state index contributed by atoms with van der Waals surface area (Å²) in [6.07, 6.45) is 0. The van der Waals surface area contributed by atoms with Crippen molar-refractivity contribution in [1.82, 2.24) is 9.80 Å². The van der Waals surface area contributed by atoms with Crippen molar-refractivity contribution in [2.24, 2.45) is 11.8 Å². The molecule has 2 atom stereocenters. The Bertz CT molecular complexity index is 647. The number of aliphatic hydroxyl groups excluding tert-OH is 1. The lowest BCUT2D eigenvalue weighted by Crippen LogP contribution is -2.31. The molecule has 0 radical (unpaired) electrons. The lowest BCUT2D eigenvalue weighted by atomic mass is 9.97. The first kappa shape index (κ1) is 16.7. The van der Waals surface area contributed by atoms with E-state index in [0.717, 1.165) is 6.54 Å². The highest BCUT2D eigenvalue weighted by Gasteiger charge is 2.35. The minimum atomic E-state index is -0.196. The van der Waals surface area contributed by atoms with Gasteiger partial charge in [-0.15, -0.1) is 0 Å². The van der Waals surface area contributed by atoms with Crippen molar-refractivity contribution in [3.63, 3.8) is 0 Å². The zero-order chi connectivity index (χ0) is 17.3. The number of anilines is 1. The van der Waals surface area contributed by atoms with Gasteiger partial charge in [-0.3, -0.25) is 9.59 Å². The van der Waals surface area contributed by atoms with Gasteiger partial charge in [0.05, 0.1) is 5.69 Å². The first-order chi connectivity index (χ1) is 11.5. The topological polar surface area (TPSA) is 82.1 Å². The van der Waals surface area contributed by atoms with Gasteiger partial charge in [-0.25, -0.2) is 0 Å². The van der Waals surface area contributed by atoms with Crippen molar-refractivity contribution < 1.29 is 19.4 Å². The molecule has 130 valence electrons. The summed E-state index contributed by atoms with van der Waals surface area (Å²) in [7, 11) is 3.99. The van der Waals surface area contributed by atoms with Crippen LogP contribution in [-0.4, -0.2) is 73.7 Å². The van der Waals surface area contributed by atoms with Gasteiger partial charge in [0.25, 0.3) is 11.8 Å². The summed E-state index contributed by atoms with van der Waals surface area (Å²) in [5.74, 6) is 0.617. The molecule has 0 aliphatic carbocycles. The van der Waals surface area contributed by atoms with Crippen LogP contribution in [0.1, 0.15) is 10.4 Å². The molecule has 7 nitrogen and oxygen atoms in total. The van der Waals surface area contributed by atoms with Crippen molar-refractivity contribution in [3.05, 3.63) is 23.8 Å². The van der Waals surface area contributed by atoms with Crippen LogP contribution in [0.3, 0.4) is 0 Å². The molecule has 7 heteroatoms. The Morgan fingerprint density at radius 1 is 1.38 bits per heavy atom. The van der Waals surface area contributed by atoms with Crippen molar-refractivity contribution >= 4 is 17.5 Å². The first-order valence-electron chi connectivity index (χ1n) is 8.09. The molecule has 2 heterocycles. The number of nitrogens with zero attached hydrogens (tertiary/aromatic N) is 2. The minimum Gasteiger partial charge on any atom is -0.482 e. The Morgan fingerprint density at radius 2 is 2.12 bits per heavy atom. The highest BCUT2D eigenvalue weighted by Crippen LogP contribution is 2.30. The van der Waals surface area contributed by atoms with Crippen LogP contribution in [0.25, 0.3) is 0 Å². The van der Waals surface area contributed by atoms with E-state index >= 15 is 0 Å². The standard InChI is InChI=1S/C17H23N3O4/c1-19(2)6-12-7-20(8-13(12)9-21)17(23)11-3-4-14-15(5-11)24-10-16(22)18-14/h3-5,12-13,21H,6-10H2,1-2H3,(H,18,22)/t12-,13-/m1/s1. The molecular formula is C17H23N3O4. The van der Waals surface area contributed by atoms with Crippen LogP contribution >= 0.6 is 0 Å². The normalized spacial score (nSPS) is 23.0. The number of carbonyl (C=O) groups is 2. The predicted molar refractivity (Wildman–Crippen MR) is 89.1 cm³/mol. The molecule has 0 spiro atoms. The van der Waals surface area contributed by atoms with Gasteiger partial charge < -0.3 is 25.0 Å². The Balaban J connectivity index is 1.74. The first-order valence-corrected chi connectivity index (χ1v) is 8.09. The summed E-state index contributed by atoms with van der Waals surface area (Å²) in [5, 5.41) is 12.3. The van der Waals surface area contributed by atoms with Gasteiger partial charge in [-0.2, -0.15) is 0 Å². The number of fused-ring (bicyclic) bond motifs is 1. The molecule has 0 saturated carbocycles. The summed E-state index contributed by atoms with van der Waals surface area (Å²) >= 11 is 0. The van der Waals surface area contributed by atoms with E-state index in [-0.39, 0.29) is 36.9 Å². The van der Waals surface area contributed by atoms with E-state index in [1.54, 1.807) is 23.1 Å². The molecule has 2 aliphatic heterocycles. The third-order valence-electron chi connectivity index (χ3n) is 4.56. The van der Waals surface area contributed by atoms with Crippen LogP contribution in [0.2, 0.25) is 0 Å². The number of ether oxygens (including phenoxy) is 1. The molecule has 2 aliphatic rings. The third-order valence-corrected chi connectivity index (χ3v) is 4.56. The second kappa shape index (κ2) is 6.78. The monoisotopic (exact) mass is 333 g/mol. The molecule has 3 rings (SSSR count). The van der Waals surface area contributed by atoms with Gasteiger partial charge in [0.15, 0.2) is 6.61 Å². The molecule has 1 saturated heterocycles. The Hall–Kier alpha value is -2.12. The molecule has 0 unspecified atom stereocenters. The number of amides is 2. The van der Waals surface area contributed by atoms with Gasteiger partial charge in [-0.1, -0.05) is 0 Å². The van der Waals surface area contributed by atoms with E-state index in [2.05, 4.69) is 10.2 Å². The highest BCUT2D eigenvalue weighted by atomic mass is 16.5. The average Bonchev–Trinajstić information content (AvgIpc) is 2.95. The van der Waals surface area contributed by atoms with Crippen LogP contribution in [0.4, 0.5) is 5.69 Å². The lowest BCUT2D eigenvalue weighted by Gasteiger charge is -2.21. The zero-order valence-electron chi connectivity index (χ0n) is 14.0. The second-order valence-electron chi connectivity index (χ2n) is 6.72. The van der Waals surface area contributed by atoms with E-state index < -0.39 is 0 Å². The van der Waals surface area contributed by atoms with Gasteiger partial charge in [0.2, 0.25) is 0 Å². The van der Waals surface area contributed by atoms with Crippen molar-refractivity contribution in [2.45, 2.75) is 0 Å². The van der Waals surface area contributed by atoms with Crippen LogP contribution in [0.15, 0.2) is 18.2 Å². The van der Waals surface area contributed by atoms with Gasteiger partial charge >= 0.3 is 0 Å². The SMILES string of the molecule is CN(C)C[C@@H]1CN(C(=O)c2ccc3c(c2)OCC(=O)N3)C[C@@H]1CO. The molecule has 2 N–H and O–H groups in total. The lowest BCUT2D eigenvalue weighted by molar-refractivity contribution is -0.118. The summed E-state index contributed by atoms with van der Waals surface area (Å²) in [6, 6.07) is 5.06. The number of benzene rings is 1. The molecule has 1 aromatic carbocycles. The number of hydrogen-bond donors (Lipinski definition) is 2. The number of likely N-dealkylation sites (tertiary alicyclic amines) is 1. The summed E-state index contributed by atoms with van der Waals surface area (Å²) in [5.41, 5.74) is 1.12. The fourth-order valence-electron chi connectivity index (χ4n) is 3.38. The Labute approximate surface area is 141 Å². The van der Waals surface area contributed by atoms with E-state index in [1.807, 2.05) is 14.1 Å². The van der Waals surface area contributed by atoms with Crippen LogP contribution in [0, 0.1) is 11.8 Å². The third kappa shape index (κ3) is 3.37. The summed E-state index contributed by atoms with van der Waals surface area (Å²) in [6.45, 7) is 2.08. The van der Waals surface area contributed by atoms with Gasteiger partial charge in [0, 0.05) is 37.7 Å². The number of nitrogens with one attached hydrogen (secondary N) is 1. The van der Waals surface area contributed by atoms with Gasteiger partial charge in [0.1, 0.15) is 5.75 Å². The maximum Gasteiger partial charge on any atom is 0.262 e. The fourth-order valence-corrected chi connectivity index (χ4v) is 3.38. The predicted octanol–water partition coefficient (Wildman–Crippen LogP) is 0.260. The molecule has 0 bridgehead atoms. The maximum atomic E-state index is 12.8.